The summed E-state index contributed by atoms with van der Waals surface area (Å²) in [6.07, 6.45) is 0.274. The Hall–Kier alpha value is -1.75. The maximum Gasteiger partial charge on any atom is 0.412 e. The van der Waals surface area contributed by atoms with Crippen LogP contribution in [0.5, 0.6) is 5.75 Å². The molecule has 116 valence electrons. The summed E-state index contributed by atoms with van der Waals surface area (Å²) in [5.74, 6) is 0.0941. The maximum atomic E-state index is 11.7. The van der Waals surface area contributed by atoms with Crippen LogP contribution in [0.4, 0.5) is 10.5 Å². The van der Waals surface area contributed by atoms with E-state index >= 15 is 0 Å². The second-order valence-electron chi connectivity index (χ2n) is 7.39. The van der Waals surface area contributed by atoms with Gasteiger partial charge in [-0.1, -0.05) is 19.9 Å². The summed E-state index contributed by atoms with van der Waals surface area (Å²) in [5, 5.41) is 12.8. The number of phenolic OH excluding ortho intramolecular Hbond substituents is 1. The van der Waals surface area contributed by atoms with E-state index in [-0.39, 0.29) is 11.2 Å². The fourth-order valence-electron chi connectivity index (χ4n) is 2.52. The van der Waals surface area contributed by atoms with E-state index in [2.05, 4.69) is 19.2 Å². The smallest absolute Gasteiger partial charge is 0.412 e. The van der Waals surface area contributed by atoms with Crippen molar-refractivity contribution in [2.24, 2.45) is 11.1 Å². The Morgan fingerprint density at radius 3 is 2.38 bits per heavy atom. The van der Waals surface area contributed by atoms with Crippen LogP contribution >= 0.6 is 0 Å². The number of hydrogen-bond donors (Lipinski definition) is 3. The molecule has 5 nitrogen and oxygen atoms in total. The number of aromatic hydroxyl groups is 1. The average molecular weight is 292 g/mol. The topological polar surface area (TPSA) is 84.6 Å². The predicted molar refractivity (Wildman–Crippen MR) is 82.2 cm³/mol. The Morgan fingerprint density at radius 2 is 1.95 bits per heavy atom. The van der Waals surface area contributed by atoms with Crippen LogP contribution in [0.1, 0.15) is 46.6 Å². The van der Waals surface area contributed by atoms with E-state index in [1.165, 1.54) is 6.07 Å². The zero-order chi connectivity index (χ0) is 16.1. The molecule has 1 unspecified atom stereocenters. The summed E-state index contributed by atoms with van der Waals surface area (Å²) in [4.78, 5) is 11.7. The highest BCUT2D eigenvalue weighted by Gasteiger charge is 2.60. The number of carbonyl (C=O) groups is 1. The fourth-order valence-corrected chi connectivity index (χ4v) is 2.52. The van der Waals surface area contributed by atoms with Crippen molar-refractivity contribution in [1.29, 1.82) is 0 Å². The summed E-state index contributed by atoms with van der Waals surface area (Å²) in [7, 11) is 0. The van der Waals surface area contributed by atoms with E-state index in [0.29, 0.717) is 11.3 Å². The summed E-state index contributed by atoms with van der Waals surface area (Å²) in [6, 6.07) is 4.99. The summed E-state index contributed by atoms with van der Waals surface area (Å²) in [6.45, 7) is 9.51. The van der Waals surface area contributed by atoms with Crippen LogP contribution in [0.15, 0.2) is 18.2 Å². The van der Waals surface area contributed by atoms with Crippen molar-refractivity contribution >= 4 is 11.8 Å². The monoisotopic (exact) mass is 292 g/mol. The van der Waals surface area contributed by atoms with Crippen LogP contribution < -0.4 is 11.1 Å². The van der Waals surface area contributed by atoms with Gasteiger partial charge in [-0.25, -0.2) is 4.79 Å². The van der Waals surface area contributed by atoms with Gasteiger partial charge in [-0.2, -0.15) is 0 Å². The molecule has 0 radical (unpaired) electrons. The van der Waals surface area contributed by atoms with Crippen LogP contribution in [0.3, 0.4) is 0 Å². The molecule has 1 fully saturated rings. The molecule has 1 aliphatic rings. The van der Waals surface area contributed by atoms with Crippen molar-refractivity contribution < 1.29 is 14.6 Å². The maximum absolute atomic E-state index is 11.7. The molecule has 1 saturated carbocycles. The van der Waals surface area contributed by atoms with Gasteiger partial charge < -0.3 is 15.6 Å². The van der Waals surface area contributed by atoms with Gasteiger partial charge in [-0.05, 0) is 38.7 Å². The zero-order valence-electron chi connectivity index (χ0n) is 13.3. The van der Waals surface area contributed by atoms with Crippen LogP contribution in [-0.2, 0) is 10.3 Å². The fraction of sp³-hybridized carbons (Fsp3) is 0.562. The minimum Gasteiger partial charge on any atom is -0.508 e. The molecule has 4 N–H and O–H groups in total. The molecule has 1 aliphatic carbocycles. The number of anilines is 1. The number of hydrogen-bond acceptors (Lipinski definition) is 4. The standard InChI is InChI=1S/C16H24N2O3/c1-14(2,3)21-13(20)18-10-6-7-11(12(19)8-10)16(17)9-15(16,4)5/h6-8,19H,9,17H2,1-5H3,(H,18,20). The first kappa shape index (κ1) is 15.6. The quantitative estimate of drug-likeness (QED) is 0.780. The highest BCUT2D eigenvalue weighted by Crippen LogP contribution is 2.61. The molecule has 1 aromatic carbocycles. The molecule has 21 heavy (non-hydrogen) atoms. The van der Waals surface area contributed by atoms with Gasteiger partial charge in [0.05, 0.1) is 5.54 Å². The normalized spacial score (nSPS) is 23.5. The van der Waals surface area contributed by atoms with Gasteiger partial charge in [0.25, 0.3) is 0 Å². The molecule has 0 aliphatic heterocycles. The van der Waals surface area contributed by atoms with E-state index in [0.717, 1.165) is 6.42 Å². The molecule has 0 heterocycles. The van der Waals surface area contributed by atoms with Crippen molar-refractivity contribution in [2.75, 3.05) is 5.32 Å². The molecular weight excluding hydrogens is 268 g/mol. The van der Waals surface area contributed by atoms with E-state index in [9.17, 15) is 9.90 Å². The lowest BCUT2D eigenvalue weighted by Crippen LogP contribution is -2.27. The van der Waals surface area contributed by atoms with Crippen molar-refractivity contribution in [3.05, 3.63) is 23.8 Å². The first-order valence-corrected chi connectivity index (χ1v) is 7.07. The highest BCUT2D eigenvalue weighted by molar-refractivity contribution is 5.85. The predicted octanol–water partition coefficient (Wildman–Crippen LogP) is 3.32. The lowest BCUT2D eigenvalue weighted by atomic mass is 9.96. The van der Waals surface area contributed by atoms with Crippen molar-refractivity contribution in [1.82, 2.24) is 0 Å². The van der Waals surface area contributed by atoms with Gasteiger partial charge >= 0.3 is 6.09 Å². The number of amides is 1. The number of ether oxygens (including phenoxy) is 1. The van der Waals surface area contributed by atoms with Gasteiger partial charge in [0.15, 0.2) is 0 Å². The van der Waals surface area contributed by atoms with Crippen LogP contribution in [0.2, 0.25) is 0 Å². The zero-order valence-corrected chi connectivity index (χ0v) is 13.3. The lowest BCUT2D eigenvalue weighted by Gasteiger charge is -2.20. The van der Waals surface area contributed by atoms with E-state index in [1.54, 1.807) is 32.9 Å². The Morgan fingerprint density at radius 1 is 1.38 bits per heavy atom. The Kier molecular flexibility index (Phi) is 3.45. The molecule has 0 aromatic heterocycles. The van der Waals surface area contributed by atoms with Crippen LogP contribution in [-0.4, -0.2) is 16.8 Å². The van der Waals surface area contributed by atoms with Crippen LogP contribution in [0.25, 0.3) is 0 Å². The van der Waals surface area contributed by atoms with Crippen LogP contribution in [0, 0.1) is 5.41 Å². The molecule has 1 aromatic rings. The molecule has 1 atom stereocenters. The molecule has 0 saturated heterocycles. The largest absolute Gasteiger partial charge is 0.508 e. The average Bonchev–Trinajstić information content (AvgIpc) is 2.75. The summed E-state index contributed by atoms with van der Waals surface area (Å²) in [5.41, 5.74) is 6.41. The first-order valence-electron chi connectivity index (χ1n) is 7.07. The first-order chi connectivity index (χ1) is 9.45. The second-order valence-corrected chi connectivity index (χ2v) is 7.39. The second kappa shape index (κ2) is 4.63. The van der Waals surface area contributed by atoms with Gasteiger partial charge in [-0.15, -0.1) is 0 Å². The molecule has 5 heteroatoms. The minimum atomic E-state index is -0.564. The summed E-state index contributed by atoms with van der Waals surface area (Å²) < 4.78 is 5.17. The molecule has 0 spiro atoms. The Bertz CT molecular complexity index is 575. The van der Waals surface area contributed by atoms with Gasteiger partial charge in [-0.3, -0.25) is 5.32 Å². The van der Waals surface area contributed by atoms with E-state index < -0.39 is 17.2 Å². The molecule has 0 bridgehead atoms. The number of nitrogens with two attached hydrogens (primary N) is 1. The van der Waals surface area contributed by atoms with Crippen molar-refractivity contribution in [3.8, 4) is 5.75 Å². The highest BCUT2D eigenvalue weighted by atomic mass is 16.6. The van der Waals surface area contributed by atoms with E-state index in [4.69, 9.17) is 10.5 Å². The Balaban J connectivity index is 2.12. The van der Waals surface area contributed by atoms with Gasteiger partial charge in [0, 0.05) is 17.3 Å². The third-order valence-electron chi connectivity index (χ3n) is 3.93. The SMILES string of the molecule is CC(C)(C)OC(=O)Nc1ccc(C2(N)CC2(C)C)c(O)c1. The Labute approximate surface area is 125 Å². The summed E-state index contributed by atoms with van der Waals surface area (Å²) >= 11 is 0. The van der Waals surface area contributed by atoms with Crippen molar-refractivity contribution in [2.45, 2.75) is 52.2 Å². The third kappa shape index (κ3) is 3.13. The molecule has 2 rings (SSSR count). The lowest BCUT2D eigenvalue weighted by molar-refractivity contribution is 0.0636. The number of phenols is 1. The molecule has 1 amide bonds. The van der Waals surface area contributed by atoms with Gasteiger partial charge in [0.1, 0.15) is 11.4 Å². The molecular formula is C16H24N2O3. The van der Waals surface area contributed by atoms with Gasteiger partial charge in [0.2, 0.25) is 0 Å². The van der Waals surface area contributed by atoms with E-state index in [1.807, 2.05) is 0 Å². The number of nitrogens with one attached hydrogen (secondary N) is 1. The number of rotatable bonds is 2. The third-order valence-corrected chi connectivity index (χ3v) is 3.93. The number of carbonyl (C=O) groups excluding carboxylic acids is 1. The van der Waals surface area contributed by atoms with Crippen molar-refractivity contribution in [3.63, 3.8) is 0 Å². The number of benzene rings is 1. The minimum absolute atomic E-state index is 0.0232.